The average Bonchev–Trinajstić information content (AvgIpc) is 2.89. The lowest BCUT2D eigenvalue weighted by Gasteiger charge is -2.03. The summed E-state index contributed by atoms with van der Waals surface area (Å²) in [7, 11) is 0. The van der Waals surface area contributed by atoms with E-state index in [1.54, 1.807) is 0 Å². The number of ether oxygens (including phenoxy) is 2. The van der Waals surface area contributed by atoms with Crippen molar-refractivity contribution < 1.29 is 14.3 Å². The lowest BCUT2D eigenvalue weighted by Crippen LogP contribution is -2.18. The molecule has 0 amide bonds. The van der Waals surface area contributed by atoms with Gasteiger partial charge in [0.15, 0.2) is 6.10 Å². The molecule has 2 rings (SSSR count). The molecule has 1 aromatic rings. The zero-order valence-electron chi connectivity index (χ0n) is 9.60. The quantitative estimate of drug-likeness (QED) is 0.575. The van der Waals surface area contributed by atoms with Gasteiger partial charge in [-0.2, -0.15) is 0 Å². The average molecular weight is 220 g/mol. The van der Waals surface area contributed by atoms with Gasteiger partial charge in [-0.25, -0.2) is 4.79 Å². The molecule has 0 aliphatic carbocycles. The minimum atomic E-state index is -0.372. The Balaban J connectivity index is 1.71. The van der Waals surface area contributed by atoms with Gasteiger partial charge in [-0.05, 0) is 19.4 Å². The first-order valence-corrected chi connectivity index (χ1v) is 5.48. The molecule has 0 saturated carbocycles. The highest BCUT2D eigenvalue weighted by atomic mass is 16.7. The molecule has 1 aliphatic heterocycles. The minimum absolute atomic E-state index is 0.249. The summed E-state index contributed by atoms with van der Waals surface area (Å²) in [6.07, 6.45) is 0.378. The van der Waals surface area contributed by atoms with Gasteiger partial charge in [-0.15, -0.1) is 0 Å². The van der Waals surface area contributed by atoms with Crippen molar-refractivity contribution in [2.75, 3.05) is 6.61 Å². The molecule has 3 nitrogen and oxygen atoms in total. The summed E-state index contributed by atoms with van der Waals surface area (Å²) in [5.74, 6) is -0.249. The van der Waals surface area contributed by atoms with Crippen LogP contribution in [0, 0.1) is 0 Å². The minimum Gasteiger partial charge on any atom is -0.463 e. The number of hydrogen-bond donors (Lipinski definition) is 0. The third-order valence-corrected chi connectivity index (χ3v) is 2.69. The summed E-state index contributed by atoms with van der Waals surface area (Å²) in [6, 6.07) is 9.96. The molecule has 1 saturated heterocycles. The first kappa shape index (κ1) is 11.1. The summed E-state index contributed by atoms with van der Waals surface area (Å²) in [4.78, 5) is 11.5. The third-order valence-electron chi connectivity index (χ3n) is 2.69. The highest BCUT2D eigenvalue weighted by molar-refractivity contribution is 5.79. The van der Waals surface area contributed by atoms with Crippen molar-refractivity contribution in [3.8, 4) is 0 Å². The highest BCUT2D eigenvalue weighted by Gasteiger charge is 2.54. The van der Waals surface area contributed by atoms with Crippen LogP contribution >= 0.6 is 0 Å². The van der Waals surface area contributed by atoms with Gasteiger partial charge >= 0.3 is 5.97 Å². The molecule has 16 heavy (non-hydrogen) atoms. The van der Waals surface area contributed by atoms with Gasteiger partial charge in [0.05, 0.1) is 6.61 Å². The molecule has 0 aromatic heterocycles. The van der Waals surface area contributed by atoms with Gasteiger partial charge in [0.1, 0.15) is 5.60 Å². The van der Waals surface area contributed by atoms with Crippen LogP contribution in [0.2, 0.25) is 0 Å². The van der Waals surface area contributed by atoms with E-state index in [1.807, 2.05) is 44.2 Å². The van der Waals surface area contributed by atoms with Crippen LogP contribution in [0.4, 0.5) is 0 Å². The summed E-state index contributed by atoms with van der Waals surface area (Å²) in [5.41, 5.74) is 0.843. The Bertz CT molecular complexity index is 370. The zero-order chi connectivity index (χ0) is 11.6. The molecule has 0 N–H and O–H groups in total. The van der Waals surface area contributed by atoms with E-state index in [1.165, 1.54) is 5.56 Å². The predicted molar refractivity (Wildman–Crippen MR) is 60.1 cm³/mol. The van der Waals surface area contributed by atoms with E-state index >= 15 is 0 Å². The summed E-state index contributed by atoms with van der Waals surface area (Å²) >= 11 is 0. The molecule has 1 aromatic carbocycles. The first-order chi connectivity index (χ1) is 7.59. The number of carbonyl (C=O) groups is 1. The van der Waals surface area contributed by atoms with Crippen LogP contribution in [-0.2, 0) is 20.7 Å². The molecule has 1 heterocycles. The number of epoxide rings is 1. The topological polar surface area (TPSA) is 38.8 Å². The molecule has 0 bridgehead atoms. The van der Waals surface area contributed by atoms with Crippen molar-refractivity contribution in [1.82, 2.24) is 0 Å². The van der Waals surface area contributed by atoms with Gasteiger partial charge in [0, 0.05) is 6.42 Å². The monoisotopic (exact) mass is 220 g/mol. The van der Waals surface area contributed by atoms with Crippen molar-refractivity contribution in [3.63, 3.8) is 0 Å². The largest absolute Gasteiger partial charge is 0.463 e. The van der Waals surface area contributed by atoms with E-state index in [-0.39, 0.29) is 17.7 Å². The number of benzene rings is 1. The van der Waals surface area contributed by atoms with Crippen molar-refractivity contribution in [2.45, 2.75) is 32.0 Å². The fourth-order valence-electron chi connectivity index (χ4n) is 1.59. The maximum absolute atomic E-state index is 11.5. The molecule has 86 valence electrons. The van der Waals surface area contributed by atoms with Crippen LogP contribution < -0.4 is 0 Å². The number of esters is 1. The van der Waals surface area contributed by atoms with Crippen LogP contribution in [0.15, 0.2) is 30.3 Å². The summed E-state index contributed by atoms with van der Waals surface area (Å²) in [6.45, 7) is 4.19. The lowest BCUT2D eigenvalue weighted by atomic mass is 10.1. The summed E-state index contributed by atoms with van der Waals surface area (Å²) in [5, 5.41) is 0. The molecule has 0 spiro atoms. The summed E-state index contributed by atoms with van der Waals surface area (Å²) < 4.78 is 10.3. The molecule has 3 heteroatoms. The van der Waals surface area contributed by atoms with Crippen LogP contribution in [0.1, 0.15) is 19.4 Å². The molecular formula is C13H16O3. The fourth-order valence-corrected chi connectivity index (χ4v) is 1.59. The van der Waals surface area contributed by atoms with Crippen LogP contribution in [0.5, 0.6) is 0 Å². The van der Waals surface area contributed by atoms with Gasteiger partial charge in [0.25, 0.3) is 0 Å². The predicted octanol–water partition coefficient (Wildman–Crippen LogP) is 1.95. The zero-order valence-corrected chi connectivity index (χ0v) is 9.60. The van der Waals surface area contributed by atoms with Crippen molar-refractivity contribution >= 4 is 5.97 Å². The fraction of sp³-hybridized carbons (Fsp3) is 0.462. The third kappa shape index (κ3) is 2.61. The highest BCUT2D eigenvalue weighted by Crippen LogP contribution is 2.35. The second-order valence-corrected chi connectivity index (χ2v) is 4.50. The van der Waals surface area contributed by atoms with Gasteiger partial charge in [-0.3, -0.25) is 0 Å². The Morgan fingerprint density at radius 2 is 2.00 bits per heavy atom. The van der Waals surface area contributed by atoms with Crippen LogP contribution in [-0.4, -0.2) is 24.3 Å². The van der Waals surface area contributed by atoms with E-state index in [9.17, 15) is 4.79 Å². The molecular weight excluding hydrogens is 204 g/mol. The molecule has 1 aliphatic rings. The van der Waals surface area contributed by atoms with E-state index in [4.69, 9.17) is 9.47 Å². The number of carbonyl (C=O) groups excluding carboxylic acids is 1. The van der Waals surface area contributed by atoms with Gasteiger partial charge in [-0.1, -0.05) is 30.3 Å². The first-order valence-electron chi connectivity index (χ1n) is 5.48. The van der Waals surface area contributed by atoms with Crippen molar-refractivity contribution in [3.05, 3.63) is 35.9 Å². The smallest absolute Gasteiger partial charge is 0.338 e. The van der Waals surface area contributed by atoms with E-state index < -0.39 is 0 Å². The van der Waals surface area contributed by atoms with Crippen LogP contribution in [0.3, 0.4) is 0 Å². The van der Waals surface area contributed by atoms with Crippen LogP contribution in [0.25, 0.3) is 0 Å². The molecule has 0 radical (unpaired) electrons. The maximum atomic E-state index is 11.5. The standard InChI is InChI=1S/C13H16O3/c1-13(2)11(16-13)12(14)15-9-8-10-6-4-3-5-7-10/h3-7,11H,8-9H2,1-2H3. The Hall–Kier alpha value is -1.35. The van der Waals surface area contributed by atoms with Crippen molar-refractivity contribution in [2.24, 2.45) is 0 Å². The number of rotatable bonds is 4. The Morgan fingerprint density at radius 1 is 1.38 bits per heavy atom. The van der Waals surface area contributed by atoms with E-state index in [0.717, 1.165) is 6.42 Å². The lowest BCUT2D eigenvalue weighted by molar-refractivity contribution is -0.145. The normalized spacial score (nSPS) is 21.5. The second kappa shape index (κ2) is 4.26. The SMILES string of the molecule is CC1(C)OC1C(=O)OCCc1ccccc1. The maximum Gasteiger partial charge on any atom is 0.338 e. The Kier molecular flexibility index (Phi) is 2.97. The molecule has 1 fully saturated rings. The molecule has 1 unspecified atom stereocenters. The van der Waals surface area contributed by atoms with E-state index in [0.29, 0.717) is 6.61 Å². The van der Waals surface area contributed by atoms with Gasteiger partial charge < -0.3 is 9.47 Å². The Labute approximate surface area is 95.4 Å². The Morgan fingerprint density at radius 3 is 2.56 bits per heavy atom. The molecule has 1 atom stereocenters. The van der Waals surface area contributed by atoms with E-state index in [2.05, 4.69) is 0 Å². The van der Waals surface area contributed by atoms with Gasteiger partial charge in [0.2, 0.25) is 0 Å². The number of hydrogen-bond acceptors (Lipinski definition) is 3. The van der Waals surface area contributed by atoms with Crippen molar-refractivity contribution in [1.29, 1.82) is 0 Å². The second-order valence-electron chi connectivity index (χ2n) is 4.50.